The van der Waals surface area contributed by atoms with E-state index in [0.29, 0.717) is 140 Å². The molecule has 0 amide bonds. The van der Waals surface area contributed by atoms with Gasteiger partial charge in [-0.05, 0) is 277 Å². The van der Waals surface area contributed by atoms with Crippen molar-refractivity contribution in [2.24, 2.45) is 0 Å². The lowest BCUT2D eigenvalue weighted by molar-refractivity contribution is -0.138. The molecule has 8 rings (SSSR count). The highest BCUT2D eigenvalue weighted by atomic mass is 16.6. The maximum atomic E-state index is 12.8. The van der Waals surface area contributed by atoms with Crippen LogP contribution in [-0.4, -0.2) is 119 Å². The molecular formula is C102H114O23. The van der Waals surface area contributed by atoms with Gasteiger partial charge in [-0.1, -0.05) is 126 Å². The predicted octanol–water partition coefficient (Wildman–Crippen LogP) is 20.4. The Morgan fingerprint density at radius 3 is 0.760 bits per heavy atom. The first kappa shape index (κ1) is 100. The molecule has 0 bridgehead atoms. The summed E-state index contributed by atoms with van der Waals surface area (Å²) < 4.78 is 69.1. The van der Waals surface area contributed by atoms with Gasteiger partial charge in [0.1, 0.15) is 40.2 Å². The number of unbranched alkanes of at least 4 members (excludes halogenated alkanes) is 12. The van der Waals surface area contributed by atoms with Gasteiger partial charge in [-0.2, -0.15) is 0 Å². The van der Waals surface area contributed by atoms with Crippen molar-refractivity contribution in [3.63, 3.8) is 0 Å². The minimum Gasteiger partial charge on any atom is -0.494 e. The van der Waals surface area contributed by atoms with Crippen LogP contribution in [0, 0.1) is 13.8 Å². The van der Waals surface area contributed by atoms with Crippen LogP contribution in [0.25, 0.3) is 11.1 Å². The zero-order valence-corrected chi connectivity index (χ0v) is 71.6. The van der Waals surface area contributed by atoms with Crippen molar-refractivity contribution in [3.8, 4) is 51.4 Å². The van der Waals surface area contributed by atoms with Crippen molar-refractivity contribution in [2.45, 2.75) is 149 Å². The second-order valence-electron chi connectivity index (χ2n) is 28.5. The molecule has 0 aromatic heterocycles. The second-order valence-corrected chi connectivity index (χ2v) is 28.5. The molecule has 0 radical (unpaired) electrons. The minimum absolute atomic E-state index is 0.221. The smallest absolute Gasteiger partial charge is 0.343 e. The molecule has 660 valence electrons. The minimum atomic E-state index is -0.551. The lowest BCUT2D eigenvalue weighted by atomic mass is 10.0. The molecule has 0 aliphatic carbocycles. The van der Waals surface area contributed by atoms with Crippen molar-refractivity contribution in [1.29, 1.82) is 0 Å². The summed E-state index contributed by atoms with van der Waals surface area (Å²) in [4.78, 5) is 117. The average Bonchev–Trinajstić information content (AvgIpc) is 0.811. The van der Waals surface area contributed by atoms with E-state index in [2.05, 4.69) is 75.9 Å². The van der Waals surface area contributed by atoms with Gasteiger partial charge in [0.15, 0.2) is 0 Å². The molecule has 0 N–H and O–H groups in total. The Hall–Kier alpha value is -13.7. The predicted molar refractivity (Wildman–Crippen MR) is 477 cm³/mol. The van der Waals surface area contributed by atoms with Crippen LogP contribution in [-0.2, 0) is 76.5 Å². The molecule has 8 aromatic carbocycles. The molecule has 0 aliphatic heterocycles. The summed E-state index contributed by atoms with van der Waals surface area (Å²) >= 11 is 0. The van der Waals surface area contributed by atoms with Crippen LogP contribution in [0.4, 0.5) is 0 Å². The molecule has 0 aliphatic rings. The molecule has 8 aromatic rings. The molecular weight excluding hydrogens is 1590 g/mol. The molecule has 0 unspecified atom stereocenters. The van der Waals surface area contributed by atoms with Gasteiger partial charge in [0, 0.05) is 42.9 Å². The normalized spacial score (nSPS) is 10.4. The Balaban J connectivity index is 0.000000293. The van der Waals surface area contributed by atoms with E-state index in [-0.39, 0.29) is 18.5 Å². The van der Waals surface area contributed by atoms with E-state index in [4.69, 9.17) is 61.6 Å². The highest BCUT2D eigenvalue weighted by Gasteiger charge is 2.18. The summed E-state index contributed by atoms with van der Waals surface area (Å²) in [6.07, 6.45) is 26.2. The van der Waals surface area contributed by atoms with E-state index in [1.807, 2.05) is 36.4 Å². The lowest BCUT2D eigenvalue weighted by Crippen LogP contribution is -2.11. The first-order valence-electron chi connectivity index (χ1n) is 42.0. The maximum Gasteiger partial charge on any atom is 0.343 e. The topological polar surface area (TPSA) is 291 Å². The lowest BCUT2D eigenvalue weighted by Gasteiger charge is -2.11. The highest BCUT2D eigenvalue weighted by molar-refractivity contribution is 5.94. The van der Waals surface area contributed by atoms with Gasteiger partial charge in [-0.25, -0.2) is 47.9 Å². The molecule has 0 atom stereocenters. The maximum absolute atomic E-state index is 12.8. The van der Waals surface area contributed by atoms with E-state index in [1.165, 1.54) is 34.9 Å². The Bertz CT molecular complexity index is 4750. The van der Waals surface area contributed by atoms with Crippen molar-refractivity contribution >= 4 is 59.7 Å². The van der Waals surface area contributed by atoms with Gasteiger partial charge < -0.3 is 61.6 Å². The fraction of sp³-hybridized carbons (Fsp3) is 0.314. The Kier molecular flexibility index (Phi) is 47.3. The van der Waals surface area contributed by atoms with Gasteiger partial charge in [-0.3, -0.25) is 0 Å². The SMILES string of the molecule is C=CC(=O)OCCCCCCOc1ccc(-c2ccc(CCCCCCOC(=O)C=C)cc2)cc1.C=CC(=O)OCCCCCCOc1ccc(C(=O)Oc2ccc(OC(=O)c3ccc(CCCCCCOC(=O)C=C)cc3)cc2C)cc1.C=CC(=O)OCCCOc1ccc(C(=O)Oc2ccc(OC(=O)c3ccc(CCCOC(=O)C=C)cc3)cc2C)cc1. The van der Waals surface area contributed by atoms with Crippen molar-refractivity contribution in [2.75, 3.05) is 59.5 Å². The molecule has 0 fully saturated rings. The Morgan fingerprint density at radius 2 is 0.456 bits per heavy atom. The number of rotatable bonds is 54. The van der Waals surface area contributed by atoms with E-state index >= 15 is 0 Å². The summed E-state index contributed by atoms with van der Waals surface area (Å²) in [5, 5.41) is 0. The third-order valence-corrected chi connectivity index (χ3v) is 18.8. The second kappa shape index (κ2) is 59.1. The van der Waals surface area contributed by atoms with Crippen LogP contribution >= 0.6 is 0 Å². The number of ether oxygens (including phenoxy) is 13. The molecule has 0 spiro atoms. The van der Waals surface area contributed by atoms with E-state index in [1.54, 1.807) is 123 Å². The third-order valence-electron chi connectivity index (χ3n) is 18.8. The molecule has 125 heavy (non-hydrogen) atoms. The largest absolute Gasteiger partial charge is 0.494 e. The van der Waals surface area contributed by atoms with Crippen LogP contribution in [0.3, 0.4) is 0 Å². The number of carbonyl (C=O) groups is 10. The number of carbonyl (C=O) groups excluding carboxylic acids is 10. The standard InChI is InChI=1S/C39H44O9.C33H32O9.C30H38O5/c1-4-36(40)45-26-12-7-6-10-14-30-15-17-31(18-16-30)38(42)47-34-23-24-35(29(3)28-34)48-39(43)32-19-21-33(22-20-32)44-25-11-8-9-13-27-46-37(41)5-2;1-4-30(34)39-19-6-8-24-9-11-25(12-10-24)32(36)41-28-17-18-29(23(3)22-28)42-33(37)26-13-15-27(16-14-26)38-20-7-21-40-31(35)5-2;1-3-29(31)34-23-11-6-5-9-13-25-14-16-26(17-15-25)27-18-20-28(21-19-27)33-22-10-7-8-12-24-35-30(32)4-2/h4-5,15-24,28H,1-2,6-14,25-27H2,3H3;4-5,9-18,22H,1-2,6-8,19-21H2,3H3;3-4,14-21H,1-2,5-13,22-24H2. The van der Waals surface area contributed by atoms with Crippen LogP contribution in [0.5, 0.6) is 40.2 Å². The fourth-order valence-corrected chi connectivity index (χ4v) is 11.8. The number of aryl methyl sites for hydroxylation is 5. The number of hydrogen-bond donors (Lipinski definition) is 0. The van der Waals surface area contributed by atoms with E-state index < -0.39 is 47.8 Å². The first-order valence-corrected chi connectivity index (χ1v) is 42.0. The molecule has 23 nitrogen and oxygen atoms in total. The Morgan fingerprint density at radius 1 is 0.232 bits per heavy atom. The van der Waals surface area contributed by atoms with Crippen LogP contribution in [0.2, 0.25) is 0 Å². The summed E-state index contributed by atoms with van der Waals surface area (Å²) in [6.45, 7) is 27.5. The van der Waals surface area contributed by atoms with Gasteiger partial charge in [0.05, 0.1) is 81.7 Å². The van der Waals surface area contributed by atoms with Crippen LogP contribution in [0.1, 0.15) is 185 Å². The van der Waals surface area contributed by atoms with Crippen LogP contribution < -0.4 is 33.2 Å². The summed E-state index contributed by atoms with van der Waals surface area (Å²) in [6, 6.07) is 54.1. The molecule has 0 heterocycles. The van der Waals surface area contributed by atoms with Crippen molar-refractivity contribution in [1.82, 2.24) is 0 Å². The molecule has 23 heteroatoms. The first-order chi connectivity index (χ1) is 60.7. The summed E-state index contributed by atoms with van der Waals surface area (Å²) in [7, 11) is 0. The van der Waals surface area contributed by atoms with Crippen LogP contribution in [0.15, 0.2) is 258 Å². The number of hydrogen-bond acceptors (Lipinski definition) is 23. The van der Waals surface area contributed by atoms with E-state index in [0.717, 1.165) is 151 Å². The monoisotopic (exact) mass is 1710 g/mol. The Labute approximate surface area is 733 Å². The molecule has 0 saturated heterocycles. The number of benzene rings is 8. The summed E-state index contributed by atoms with van der Waals surface area (Å²) in [5.41, 5.74) is 8.61. The van der Waals surface area contributed by atoms with Gasteiger partial charge >= 0.3 is 59.7 Å². The van der Waals surface area contributed by atoms with Gasteiger partial charge in [0.25, 0.3) is 0 Å². The number of esters is 10. The average molecular weight is 1710 g/mol. The van der Waals surface area contributed by atoms with Crippen molar-refractivity contribution < 1.29 is 110 Å². The van der Waals surface area contributed by atoms with Crippen molar-refractivity contribution in [3.05, 3.63) is 308 Å². The quantitative estimate of drug-likeness (QED) is 0.0112. The van der Waals surface area contributed by atoms with Gasteiger partial charge in [0.2, 0.25) is 0 Å². The summed E-state index contributed by atoms with van der Waals surface area (Å²) in [5.74, 6) is -1.06. The third kappa shape index (κ3) is 41.2. The zero-order valence-electron chi connectivity index (χ0n) is 71.6. The zero-order chi connectivity index (χ0) is 90.0. The fourth-order valence-electron chi connectivity index (χ4n) is 11.8. The highest BCUT2D eigenvalue weighted by Crippen LogP contribution is 2.30. The van der Waals surface area contributed by atoms with Gasteiger partial charge in [-0.15, -0.1) is 0 Å². The van der Waals surface area contributed by atoms with E-state index in [9.17, 15) is 47.9 Å². The molecule has 0 saturated carbocycles.